The molecular formula is C3H10ClNS. The molecule has 0 aliphatic carbocycles. The van der Waals surface area contributed by atoms with Crippen molar-refractivity contribution in [3.05, 3.63) is 0 Å². The minimum atomic E-state index is 0. The average Bonchev–Trinajstić information content (AvgIpc) is 1.38. The summed E-state index contributed by atoms with van der Waals surface area (Å²) in [5, 5.41) is 0. The Bertz CT molecular complexity index is 24.8. The summed E-state index contributed by atoms with van der Waals surface area (Å²) in [6, 6.07) is 0.498. The summed E-state index contributed by atoms with van der Waals surface area (Å²) in [6.07, 6.45) is 0. The Balaban J connectivity index is 0. The van der Waals surface area contributed by atoms with Crippen molar-refractivity contribution in [1.82, 2.24) is 4.72 Å². The Morgan fingerprint density at radius 2 is 1.67 bits per heavy atom. The Hall–Kier alpha value is 0.600. The number of halogens is 1. The molecule has 0 aliphatic heterocycles. The summed E-state index contributed by atoms with van der Waals surface area (Å²) in [5.41, 5.74) is 0. The standard InChI is InChI=1S/C3H9NS.ClH/c1-3(2)4-5;/h3-5H,1-2H3;1H. The van der Waals surface area contributed by atoms with Crippen LogP contribution in [-0.2, 0) is 0 Å². The SMILES string of the molecule is CC(C)NS.Cl. The zero-order valence-corrected chi connectivity index (χ0v) is 5.64. The quantitative estimate of drug-likeness (QED) is 0.506. The average molecular weight is 128 g/mol. The second-order valence-corrected chi connectivity index (χ2v) is 1.54. The van der Waals surface area contributed by atoms with E-state index in [1.807, 2.05) is 13.8 Å². The zero-order valence-electron chi connectivity index (χ0n) is 3.93. The van der Waals surface area contributed by atoms with Crippen molar-refractivity contribution in [2.75, 3.05) is 0 Å². The highest BCUT2D eigenvalue weighted by atomic mass is 35.5. The third-order valence-electron chi connectivity index (χ3n) is 0.258. The molecule has 0 aromatic carbocycles. The van der Waals surface area contributed by atoms with E-state index in [0.29, 0.717) is 6.04 Å². The first-order valence-corrected chi connectivity index (χ1v) is 2.11. The first-order chi connectivity index (χ1) is 2.27. The molecule has 0 aliphatic rings. The van der Waals surface area contributed by atoms with Gasteiger partial charge in [-0.1, -0.05) is 12.8 Å². The first kappa shape index (κ1) is 9.78. The molecule has 0 rings (SSSR count). The lowest BCUT2D eigenvalue weighted by Crippen LogP contribution is -2.09. The molecule has 0 bridgehead atoms. The fourth-order valence-electron chi connectivity index (χ4n) is 0. The number of hydrogen-bond donors (Lipinski definition) is 2. The molecule has 0 atom stereocenters. The Labute approximate surface area is 50.5 Å². The molecule has 0 saturated heterocycles. The molecule has 0 amide bonds. The van der Waals surface area contributed by atoms with E-state index in [0.717, 1.165) is 0 Å². The van der Waals surface area contributed by atoms with Gasteiger partial charge in [0.2, 0.25) is 0 Å². The van der Waals surface area contributed by atoms with Gasteiger partial charge in [0.25, 0.3) is 0 Å². The van der Waals surface area contributed by atoms with Gasteiger partial charge in [0, 0.05) is 6.04 Å². The van der Waals surface area contributed by atoms with Crippen LogP contribution in [0.1, 0.15) is 13.8 Å². The minimum absolute atomic E-state index is 0. The van der Waals surface area contributed by atoms with Gasteiger partial charge >= 0.3 is 0 Å². The van der Waals surface area contributed by atoms with Crippen molar-refractivity contribution in [1.29, 1.82) is 0 Å². The monoisotopic (exact) mass is 127 g/mol. The molecule has 0 saturated carbocycles. The van der Waals surface area contributed by atoms with Crippen molar-refractivity contribution in [2.24, 2.45) is 0 Å². The maximum absolute atomic E-state index is 3.77. The van der Waals surface area contributed by atoms with E-state index in [1.54, 1.807) is 0 Å². The van der Waals surface area contributed by atoms with Crippen LogP contribution in [0.25, 0.3) is 0 Å². The first-order valence-electron chi connectivity index (χ1n) is 1.67. The predicted octanol–water partition coefficient (Wildman–Crippen LogP) is 1.25. The van der Waals surface area contributed by atoms with Crippen molar-refractivity contribution in [3.8, 4) is 0 Å². The molecule has 3 heteroatoms. The highest BCUT2D eigenvalue weighted by molar-refractivity contribution is 7.78. The van der Waals surface area contributed by atoms with Gasteiger partial charge in [-0.05, 0) is 13.8 Å². The molecule has 6 heavy (non-hydrogen) atoms. The molecule has 0 unspecified atom stereocenters. The van der Waals surface area contributed by atoms with E-state index >= 15 is 0 Å². The summed E-state index contributed by atoms with van der Waals surface area (Å²) in [7, 11) is 0. The lowest BCUT2D eigenvalue weighted by Gasteiger charge is -1.94. The fourth-order valence-corrected chi connectivity index (χ4v) is 0. The van der Waals surface area contributed by atoms with Crippen LogP contribution >= 0.6 is 25.2 Å². The van der Waals surface area contributed by atoms with Crippen LogP contribution in [0.4, 0.5) is 0 Å². The highest BCUT2D eigenvalue weighted by Crippen LogP contribution is 1.73. The molecule has 0 spiro atoms. The number of nitrogens with one attached hydrogen (secondary N) is 1. The largest absolute Gasteiger partial charge is 0.264 e. The third-order valence-corrected chi connectivity index (χ3v) is 0.775. The molecule has 1 N–H and O–H groups in total. The lowest BCUT2D eigenvalue weighted by atomic mass is 10.4. The summed E-state index contributed by atoms with van der Waals surface area (Å²) < 4.78 is 2.72. The summed E-state index contributed by atoms with van der Waals surface area (Å²) in [6.45, 7) is 4.07. The van der Waals surface area contributed by atoms with E-state index in [1.165, 1.54) is 0 Å². The van der Waals surface area contributed by atoms with Crippen LogP contribution in [-0.4, -0.2) is 6.04 Å². The Morgan fingerprint density at radius 3 is 1.67 bits per heavy atom. The smallest absolute Gasteiger partial charge is 0.0112 e. The van der Waals surface area contributed by atoms with E-state index in [4.69, 9.17) is 0 Å². The van der Waals surface area contributed by atoms with E-state index < -0.39 is 0 Å². The second-order valence-electron chi connectivity index (χ2n) is 1.28. The lowest BCUT2D eigenvalue weighted by molar-refractivity contribution is 0.776. The molecule has 0 aromatic rings. The highest BCUT2D eigenvalue weighted by Gasteiger charge is 1.78. The molecule has 0 fully saturated rings. The maximum atomic E-state index is 3.77. The summed E-state index contributed by atoms with van der Waals surface area (Å²) in [4.78, 5) is 0. The van der Waals surface area contributed by atoms with Gasteiger partial charge in [-0.3, -0.25) is 4.72 Å². The van der Waals surface area contributed by atoms with Crippen molar-refractivity contribution < 1.29 is 0 Å². The number of hydrogen-bond acceptors (Lipinski definition) is 2. The van der Waals surface area contributed by atoms with E-state index in [2.05, 4.69) is 17.5 Å². The predicted molar refractivity (Wildman–Crippen MR) is 34.5 cm³/mol. The second kappa shape index (κ2) is 5.60. The molecular weight excluding hydrogens is 118 g/mol. The van der Waals surface area contributed by atoms with Gasteiger partial charge in [-0.2, -0.15) is 0 Å². The van der Waals surface area contributed by atoms with Crippen LogP contribution in [0.3, 0.4) is 0 Å². The Kier molecular flexibility index (Phi) is 9.13. The van der Waals surface area contributed by atoms with Crippen LogP contribution in [0.5, 0.6) is 0 Å². The fraction of sp³-hybridized carbons (Fsp3) is 1.00. The van der Waals surface area contributed by atoms with Gasteiger partial charge in [0.05, 0.1) is 0 Å². The van der Waals surface area contributed by atoms with Gasteiger partial charge < -0.3 is 0 Å². The van der Waals surface area contributed by atoms with Gasteiger partial charge in [0.1, 0.15) is 0 Å². The summed E-state index contributed by atoms with van der Waals surface area (Å²) >= 11 is 3.77. The number of rotatable bonds is 1. The molecule has 0 radical (unpaired) electrons. The van der Waals surface area contributed by atoms with E-state index in [-0.39, 0.29) is 12.4 Å². The summed E-state index contributed by atoms with van der Waals surface area (Å²) in [5.74, 6) is 0. The maximum Gasteiger partial charge on any atom is 0.0112 e. The molecule has 1 nitrogen and oxygen atoms in total. The van der Waals surface area contributed by atoms with Crippen LogP contribution in [0, 0.1) is 0 Å². The molecule has 40 valence electrons. The van der Waals surface area contributed by atoms with Crippen molar-refractivity contribution >= 4 is 25.2 Å². The zero-order chi connectivity index (χ0) is 4.28. The van der Waals surface area contributed by atoms with Gasteiger partial charge in [-0.15, -0.1) is 12.4 Å². The minimum Gasteiger partial charge on any atom is -0.264 e. The van der Waals surface area contributed by atoms with Gasteiger partial charge in [0.15, 0.2) is 0 Å². The van der Waals surface area contributed by atoms with Crippen LogP contribution in [0.2, 0.25) is 0 Å². The normalized spacial score (nSPS) is 8.00. The Morgan fingerprint density at radius 1 is 1.50 bits per heavy atom. The van der Waals surface area contributed by atoms with Gasteiger partial charge in [-0.25, -0.2) is 0 Å². The van der Waals surface area contributed by atoms with Crippen molar-refractivity contribution in [3.63, 3.8) is 0 Å². The van der Waals surface area contributed by atoms with Crippen LogP contribution < -0.4 is 4.72 Å². The molecule has 0 aromatic heterocycles. The molecule has 0 heterocycles. The van der Waals surface area contributed by atoms with Crippen LogP contribution in [0.15, 0.2) is 0 Å². The third kappa shape index (κ3) is 8.82. The topological polar surface area (TPSA) is 12.0 Å². The number of thiol groups is 1. The van der Waals surface area contributed by atoms with E-state index in [9.17, 15) is 0 Å². The van der Waals surface area contributed by atoms with Crippen molar-refractivity contribution in [2.45, 2.75) is 19.9 Å².